The fourth-order valence-corrected chi connectivity index (χ4v) is 2.99. The number of aliphatic hydroxyl groups is 1. The van der Waals surface area contributed by atoms with Gasteiger partial charge in [0.1, 0.15) is 0 Å². The second-order valence-electron chi connectivity index (χ2n) is 5.30. The highest BCUT2D eigenvalue weighted by atomic mass is 79.9. The average molecular weight is 327 g/mol. The van der Waals surface area contributed by atoms with Crippen LogP contribution in [0, 0.1) is 0 Å². The molecule has 0 radical (unpaired) electrons. The molecule has 1 saturated heterocycles. The van der Waals surface area contributed by atoms with Gasteiger partial charge in [0.25, 0.3) is 0 Å². The molecule has 19 heavy (non-hydrogen) atoms. The van der Waals surface area contributed by atoms with E-state index in [2.05, 4.69) is 57.5 Å². The number of benzene rings is 1. The van der Waals surface area contributed by atoms with Gasteiger partial charge >= 0.3 is 0 Å². The Morgan fingerprint density at radius 1 is 1.37 bits per heavy atom. The zero-order valence-electron chi connectivity index (χ0n) is 11.5. The van der Waals surface area contributed by atoms with Crippen LogP contribution >= 0.6 is 15.9 Å². The highest BCUT2D eigenvalue weighted by molar-refractivity contribution is 9.10. The SMILES string of the molecule is CN1CCC(NCCCO)CC1c1ccc(Br)cc1. The van der Waals surface area contributed by atoms with Crippen molar-refractivity contribution in [1.82, 2.24) is 10.2 Å². The smallest absolute Gasteiger partial charge is 0.0443 e. The summed E-state index contributed by atoms with van der Waals surface area (Å²) in [6.07, 6.45) is 3.17. The van der Waals surface area contributed by atoms with Gasteiger partial charge in [-0.1, -0.05) is 28.1 Å². The van der Waals surface area contributed by atoms with E-state index in [-0.39, 0.29) is 6.61 Å². The molecule has 3 nitrogen and oxygen atoms in total. The molecule has 2 atom stereocenters. The first kappa shape index (κ1) is 15.0. The van der Waals surface area contributed by atoms with Crippen LogP contribution in [0.15, 0.2) is 28.7 Å². The number of nitrogens with zero attached hydrogens (tertiary/aromatic N) is 1. The minimum atomic E-state index is 0.274. The molecule has 1 heterocycles. The van der Waals surface area contributed by atoms with Gasteiger partial charge in [-0.2, -0.15) is 0 Å². The first-order valence-corrected chi connectivity index (χ1v) is 7.80. The average Bonchev–Trinajstić information content (AvgIpc) is 2.42. The lowest BCUT2D eigenvalue weighted by atomic mass is 9.92. The molecule has 106 valence electrons. The number of halogens is 1. The number of hydrogen-bond acceptors (Lipinski definition) is 3. The van der Waals surface area contributed by atoms with Gasteiger partial charge in [0.15, 0.2) is 0 Å². The number of hydrogen-bond donors (Lipinski definition) is 2. The Balaban J connectivity index is 1.96. The second kappa shape index (κ2) is 7.39. The normalized spacial score (nSPS) is 24.6. The molecule has 0 spiro atoms. The van der Waals surface area contributed by atoms with Crippen molar-refractivity contribution in [3.05, 3.63) is 34.3 Å². The van der Waals surface area contributed by atoms with Crippen molar-refractivity contribution in [2.75, 3.05) is 26.7 Å². The summed E-state index contributed by atoms with van der Waals surface area (Å²) in [7, 11) is 2.21. The van der Waals surface area contributed by atoms with Crippen molar-refractivity contribution in [2.45, 2.75) is 31.3 Å². The van der Waals surface area contributed by atoms with Crippen LogP contribution in [0.4, 0.5) is 0 Å². The fraction of sp³-hybridized carbons (Fsp3) is 0.600. The summed E-state index contributed by atoms with van der Waals surface area (Å²) in [6, 6.07) is 9.71. The quantitative estimate of drug-likeness (QED) is 0.816. The van der Waals surface area contributed by atoms with Gasteiger partial charge in [0.2, 0.25) is 0 Å². The lowest BCUT2D eigenvalue weighted by Gasteiger charge is -2.38. The standard InChI is InChI=1S/C15H23BrN2O/c1-18-9-7-14(17-8-2-10-19)11-15(18)12-3-5-13(16)6-4-12/h3-6,14-15,17,19H,2,7-11H2,1H3. The van der Waals surface area contributed by atoms with E-state index in [0.717, 1.165) is 30.4 Å². The Morgan fingerprint density at radius 3 is 2.79 bits per heavy atom. The molecule has 1 aromatic rings. The largest absolute Gasteiger partial charge is 0.396 e. The number of nitrogens with one attached hydrogen (secondary N) is 1. The van der Waals surface area contributed by atoms with E-state index in [0.29, 0.717) is 12.1 Å². The van der Waals surface area contributed by atoms with Crippen molar-refractivity contribution in [3.8, 4) is 0 Å². The molecule has 4 heteroatoms. The minimum Gasteiger partial charge on any atom is -0.396 e. The number of rotatable bonds is 5. The number of aliphatic hydroxyl groups excluding tert-OH is 1. The fourth-order valence-electron chi connectivity index (χ4n) is 2.73. The molecule has 2 N–H and O–H groups in total. The van der Waals surface area contributed by atoms with Gasteiger partial charge in [-0.15, -0.1) is 0 Å². The molecule has 0 bridgehead atoms. The Morgan fingerprint density at radius 2 is 2.11 bits per heavy atom. The number of piperidine rings is 1. The lowest BCUT2D eigenvalue weighted by molar-refractivity contribution is 0.155. The molecule has 1 aromatic carbocycles. The molecule has 2 unspecified atom stereocenters. The van der Waals surface area contributed by atoms with Crippen LogP contribution in [0.3, 0.4) is 0 Å². The summed E-state index contributed by atoms with van der Waals surface area (Å²) in [5.41, 5.74) is 1.39. The van der Waals surface area contributed by atoms with Gasteiger partial charge in [0, 0.05) is 23.2 Å². The molecule has 2 rings (SSSR count). The highest BCUT2D eigenvalue weighted by Gasteiger charge is 2.26. The Bertz CT molecular complexity index is 382. The molecular weight excluding hydrogens is 304 g/mol. The van der Waals surface area contributed by atoms with Crippen molar-refractivity contribution in [3.63, 3.8) is 0 Å². The van der Waals surface area contributed by atoms with Crippen LogP contribution in [-0.2, 0) is 0 Å². The van der Waals surface area contributed by atoms with E-state index < -0.39 is 0 Å². The summed E-state index contributed by atoms with van der Waals surface area (Å²) in [5.74, 6) is 0. The van der Waals surface area contributed by atoms with E-state index >= 15 is 0 Å². The van der Waals surface area contributed by atoms with Crippen LogP contribution < -0.4 is 5.32 Å². The summed E-state index contributed by atoms with van der Waals surface area (Å²) < 4.78 is 1.13. The van der Waals surface area contributed by atoms with Crippen molar-refractivity contribution >= 4 is 15.9 Å². The Kier molecular flexibility index (Phi) is 5.82. The van der Waals surface area contributed by atoms with Crippen molar-refractivity contribution < 1.29 is 5.11 Å². The third-order valence-corrected chi connectivity index (χ3v) is 4.42. The molecule has 1 fully saturated rings. The van der Waals surface area contributed by atoms with Crippen LogP contribution in [0.5, 0.6) is 0 Å². The van der Waals surface area contributed by atoms with Gasteiger partial charge in [-0.25, -0.2) is 0 Å². The van der Waals surface area contributed by atoms with Gasteiger partial charge < -0.3 is 10.4 Å². The maximum absolute atomic E-state index is 8.84. The van der Waals surface area contributed by atoms with Crippen LogP contribution in [0.25, 0.3) is 0 Å². The maximum atomic E-state index is 8.84. The molecule has 0 aliphatic carbocycles. The third-order valence-electron chi connectivity index (χ3n) is 3.89. The first-order chi connectivity index (χ1) is 9.20. The molecule has 0 amide bonds. The Labute approximate surface area is 124 Å². The van der Waals surface area contributed by atoms with E-state index in [4.69, 9.17) is 5.11 Å². The van der Waals surface area contributed by atoms with Gasteiger partial charge in [0.05, 0.1) is 0 Å². The molecule has 0 saturated carbocycles. The zero-order chi connectivity index (χ0) is 13.7. The number of likely N-dealkylation sites (tertiary alicyclic amines) is 1. The maximum Gasteiger partial charge on any atom is 0.0443 e. The summed E-state index contributed by atoms with van der Waals surface area (Å²) in [5, 5.41) is 12.4. The first-order valence-electron chi connectivity index (χ1n) is 7.00. The van der Waals surface area contributed by atoms with Crippen LogP contribution in [0.2, 0.25) is 0 Å². The second-order valence-corrected chi connectivity index (χ2v) is 6.22. The van der Waals surface area contributed by atoms with Gasteiger partial charge in [-0.05, 0) is 57.1 Å². The lowest BCUT2D eigenvalue weighted by Crippen LogP contribution is -2.43. The monoisotopic (exact) mass is 326 g/mol. The van der Waals surface area contributed by atoms with E-state index in [1.807, 2.05) is 0 Å². The van der Waals surface area contributed by atoms with E-state index in [1.54, 1.807) is 0 Å². The topological polar surface area (TPSA) is 35.5 Å². The summed E-state index contributed by atoms with van der Waals surface area (Å²) in [4.78, 5) is 2.44. The van der Waals surface area contributed by atoms with E-state index in [1.165, 1.54) is 12.0 Å². The van der Waals surface area contributed by atoms with Crippen molar-refractivity contribution in [1.29, 1.82) is 0 Å². The predicted octanol–water partition coefficient (Wildman–Crippen LogP) is 2.56. The Hall–Kier alpha value is -0.420. The molecule has 1 aliphatic heterocycles. The molecular formula is C15H23BrN2O. The van der Waals surface area contributed by atoms with Crippen LogP contribution in [0.1, 0.15) is 30.9 Å². The summed E-state index contributed by atoms with van der Waals surface area (Å²) in [6.45, 7) is 2.31. The molecule has 1 aliphatic rings. The third kappa shape index (κ3) is 4.28. The van der Waals surface area contributed by atoms with Gasteiger partial charge in [-0.3, -0.25) is 4.90 Å². The molecule has 0 aromatic heterocycles. The van der Waals surface area contributed by atoms with Crippen LogP contribution in [-0.4, -0.2) is 42.8 Å². The minimum absolute atomic E-state index is 0.274. The van der Waals surface area contributed by atoms with Crippen molar-refractivity contribution in [2.24, 2.45) is 0 Å². The predicted molar refractivity (Wildman–Crippen MR) is 82.2 cm³/mol. The zero-order valence-corrected chi connectivity index (χ0v) is 13.1. The highest BCUT2D eigenvalue weighted by Crippen LogP contribution is 2.30. The van der Waals surface area contributed by atoms with E-state index in [9.17, 15) is 0 Å². The summed E-state index contributed by atoms with van der Waals surface area (Å²) >= 11 is 3.49.